The molecule has 2 rings (SSSR count). The normalized spacial score (nSPS) is 12.3. The van der Waals surface area contributed by atoms with Gasteiger partial charge in [-0.2, -0.15) is 0 Å². The van der Waals surface area contributed by atoms with E-state index in [9.17, 15) is 10.1 Å². The first-order valence-corrected chi connectivity index (χ1v) is 6.90. The molecule has 0 bridgehead atoms. The van der Waals surface area contributed by atoms with Gasteiger partial charge >= 0.3 is 0 Å². The van der Waals surface area contributed by atoms with Crippen LogP contribution in [0.3, 0.4) is 0 Å². The second kappa shape index (κ2) is 6.67. The second-order valence-corrected chi connectivity index (χ2v) is 5.11. The third-order valence-electron chi connectivity index (χ3n) is 3.11. The van der Waals surface area contributed by atoms with Gasteiger partial charge in [0, 0.05) is 18.0 Å². The van der Waals surface area contributed by atoms with Gasteiger partial charge in [-0.05, 0) is 22.4 Å². The van der Waals surface area contributed by atoms with Crippen LogP contribution in [0.15, 0.2) is 40.9 Å². The zero-order chi connectivity index (χ0) is 14.5. The van der Waals surface area contributed by atoms with Gasteiger partial charge in [-0.3, -0.25) is 0 Å². The molecule has 2 aromatic carbocycles. The number of nitrogens with zero attached hydrogens (tertiary/aromatic N) is 1. The molecule has 20 heavy (non-hydrogen) atoms. The number of ether oxygens (including phenoxy) is 1. The lowest BCUT2D eigenvalue weighted by Crippen LogP contribution is -2.09. The van der Waals surface area contributed by atoms with Gasteiger partial charge in [0.05, 0.1) is 12.7 Å². The van der Waals surface area contributed by atoms with Crippen molar-refractivity contribution in [3.05, 3.63) is 56.5 Å². The number of benzene rings is 2. The van der Waals surface area contributed by atoms with Crippen molar-refractivity contribution >= 4 is 26.7 Å². The van der Waals surface area contributed by atoms with E-state index in [1.54, 1.807) is 7.11 Å². The summed E-state index contributed by atoms with van der Waals surface area (Å²) in [5.74, 6) is 0. The molecule has 0 radical (unpaired) electrons. The average Bonchev–Trinajstić information content (AvgIpc) is 2.45. The molecule has 1 unspecified atom stereocenters. The van der Waals surface area contributed by atoms with Gasteiger partial charge in [-0.25, -0.2) is 0 Å². The molecule has 0 N–H and O–H groups in total. The molecule has 0 spiro atoms. The van der Waals surface area contributed by atoms with E-state index in [1.807, 2.05) is 36.4 Å². The molecular formula is C14H14BrNO4. The van der Waals surface area contributed by atoms with E-state index in [4.69, 9.17) is 4.74 Å². The van der Waals surface area contributed by atoms with Crippen molar-refractivity contribution in [2.75, 3.05) is 13.7 Å². The monoisotopic (exact) mass is 339 g/mol. The maximum absolute atomic E-state index is 10.2. The van der Waals surface area contributed by atoms with Crippen LogP contribution in [0.4, 0.5) is 0 Å². The minimum Gasteiger partial charge on any atom is -0.377 e. The number of halogens is 1. The van der Waals surface area contributed by atoms with Crippen LogP contribution in [-0.2, 0) is 9.57 Å². The molecule has 0 aliphatic rings. The molecule has 0 saturated heterocycles. The standard InChI is InChI=1S/C14H14BrNO4/c1-19-14(8-9-20-16(17)18)12-6-7-13(15)11-5-3-2-4-10(11)12/h2-7,14H,8-9H2,1H3. The molecular weight excluding hydrogens is 326 g/mol. The van der Waals surface area contributed by atoms with Gasteiger partial charge in [0.2, 0.25) is 0 Å². The highest BCUT2D eigenvalue weighted by Gasteiger charge is 2.15. The van der Waals surface area contributed by atoms with Crippen LogP contribution in [0, 0.1) is 10.1 Å². The summed E-state index contributed by atoms with van der Waals surface area (Å²) in [6.45, 7) is 0.00982. The molecule has 2 aromatic rings. The third kappa shape index (κ3) is 3.26. The van der Waals surface area contributed by atoms with Crippen molar-refractivity contribution in [3.8, 4) is 0 Å². The number of methoxy groups -OCH3 is 1. The van der Waals surface area contributed by atoms with Crippen LogP contribution < -0.4 is 0 Å². The predicted molar refractivity (Wildman–Crippen MR) is 79.0 cm³/mol. The molecule has 0 amide bonds. The maximum atomic E-state index is 10.2. The Morgan fingerprint density at radius 1 is 1.25 bits per heavy atom. The zero-order valence-corrected chi connectivity index (χ0v) is 12.5. The summed E-state index contributed by atoms with van der Waals surface area (Å²) in [4.78, 5) is 14.6. The van der Waals surface area contributed by atoms with Crippen molar-refractivity contribution in [2.24, 2.45) is 0 Å². The Labute approximate surface area is 124 Å². The fourth-order valence-electron chi connectivity index (χ4n) is 2.20. The van der Waals surface area contributed by atoms with E-state index in [0.29, 0.717) is 6.42 Å². The molecule has 0 saturated carbocycles. The molecule has 0 aliphatic heterocycles. The fraction of sp³-hybridized carbons (Fsp3) is 0.286. The van der Waals surface area contributed by atoms with Crippen LogP contribution in [0.1, 0.15) is 18.1 Å². The molecule has 106 valence electrons. The first kappa shape index (κ1) is 14.7. The second-order valence-electron chi connectivity index (χ2n) is 4.25. The highest BCUT2D eigenvalue weighted by Crippen LogP contribution is 2.32. The smallest absolute Gasteiger partial charge is 0.294 e. The Bertz CT molecular complexity index is 617. The number of fused-ring (bicyclic) bond motifs is 1. The number of rotatable bonds is 6. The minimum atomic E-state index is -0.785. The Morgan fingerprint density at radius 2 is 1.95 bits per heavy atom. The van der Waals surface area contributed by atoms with E-state index in [0.717, 1.165) is 20.8 Å². The van der Waals surface area contributed by atoms with Crippen LogP contribution in [0.25, 0.3) is 10.8 Å². The summed E-state index contributed by atoms with van der Waals surface area (Å²) in [6, 6.07) is 11.9. The molecule has 0 fully saturated rings. The Morgan fingerprint density at radius 3 is 2.60 bits per heavy atom. The van der Waals surface area contributed by atoms with Gasteiger partial charge in [-0.15, -0.1) is 10.1 Å². The van der Waals surface area contributed by atoms with Crippen LogP contribution >= 0.6 is 15.9 Å². The third-order valence-corrected chi connectivity index (χ3v) is 3.80. The lowest BCUT2D eigenvalue weighted by Gasteiger charge is -2.18. The maximum Gasteiger partial charge on any atom is 0.294 e. The average molecular weight is 340 g/mol. The Hall–Kier alpha value is -1.66. The van der Waals surface area contributed by atoms with E-state index < -0.39 is 5.09 Å². The minimum absolute atomic E-state index is 0.00982. The van der Waals surface area contributed by atoms with Crippen molar-refractivity contribution in [2.45, 2.75) is 12.5 Å². The van der Waals surface area contributed by atoms with E-state index in [-0.39, 0.29) is 12.7 Å². The van der Waals surface area contributed by atoms with Crippen molar-refractivity contribution in [1.82, 2.24) is 0 Å². The first-order chi connectivity index (χ1) is 9.63. The van der Waals surface area contributed by atoms with E-state index in [1.165, 1.54) is 0 Å². The Balaban J connectivity index is 2.30. The topological polar surface area (TPSA) is 61.6 Å². The van der Waals surface area contributed by atoms with E-state index >= 15 is 0 Å². The summed E-state index contributed by atoms with van der Waals surface area (Å²) < 4.78 is 6.46. The molecule has 5 nitrogen and oxygen atoms in total. The summed E-state index contributed by atoms with van der Waals surface area (Å²) >= 11 is 3.52. The van der Waals surface area contributed by atoms with Crippen molar-refractivity contribution in [3.63, 3.8) is 0 Å². The summed E-state index contributed by atoms with van der Waals surface area (Å²) in [5.41, 5.74) is 0.998. The highest BCUT2D eigenvalue weighted by molar-refractivity contribution is 9.10. The quantitative estimate of drug-likeness (QED) is 0.591. The first-order valence-electron chi connectivity index (χ1n) is 6.10. The highest BCUT2D eigenvalue weighted by atomic mass is 79.9. The lowest BCUT2D eigenvalue weighted by atomic mass is 9.99. The SMILES string of the molecule is COC(CCO[N+](=O)[O-])c1ccc(Br)c2ccccc12. The van der Waals surface area contributed by atoms with Gasteiger partial charge in [0.25, 0.3) is 5.09 Å². The summed E-state index contributed by atoms with van der Waals surface area (Å²) in [7, 11) is 1.59. The molecule has 1 atom stereocenters. The molecule has 0 aromatic heterocycles. The van der Waals surface area contributed by atoms with Crippen LogP contribution in [0.5, 0.6) is 0 Å². The Kier molecular flexibility index (Phi) is 4.92. The van der Waals surface area contributed by atoms with Crippen LogP contribution in [-0.4, -0.2) is 18.8 Å². The zero-order valence-electron chi connectivity index (χ0n) is 10.9. The van der Waals surface area contributed by atoms with Gasteiger partial charge in [-0.1, -0.05) is 46.3 Å². The van der Waals surface area contributed by atoms with Crippen molar-refractivity contribution < 1.29 is 14.7 Å². The summed E-state index contributed by atoms with van der Waals surface area (Å²) in [6.07, 6.45) is 0.177. The molecule has 0 aliphatic carbocycles. The largest absolute Gasteiger partial charge is 0.377 e. The van der Waals surface area contributed by atoms with Gasteiger partial charge in [0.15, 0.2) is 0 Å². The van der Waals surface area contributed by atoms with Gasteiger partial charge in [0.1, 0.15) is 0 Å². The van der Waals surface area contributed by atoms with Crippen molar-refractivity contribution in [1.29, 1.82) is 0 Å². The lowest BCUT2D eigenvalue weighted by molar-refractivity contribution is -0.758. The number of hydrogen-bond acceptors (Lipinski definition) is 4. The predicted octanol–water partition coefficient (Wildman–Crippen LogP) is 3.89. The number of hydrogen-bond donors (Lipinski definition) is 0. The van der Waals surface area contributed by atoms with E-state index in [2.05, 4.69) is 20.8 Å². The van der Waals surface area contributed by atoms with Gasteiger partial charge < -0.3 is 9.57 Å². The molecule has 0 heterocycles. The fourth-order valence-corrected chi connectivity index (χ4v) is 2.68. The van der Waals surface area contributed by atoms with Crippen LogP contribution in [0.2, 0.25) is 0 Å². The summed E-state index contributed by atoms with van der Waals surface area (Å²) in [5, 5.41) is 11.6. The molecule has 6 heteroatoms.